The Hall–Kier alpha value is -2.17. The molecule has 2 heterocycles. The van der Waals surface area contributed by atoms with Gasteiger partial charge in [-0.2, -0.15) is 0 Å². The smallest absolute Gasteiger partial charge is 0.272 e. The third kappa shape index (κ3) is 1.51. The highest BCUT2D eigenvalue weighted by Crippen LogP contribution is 2.33. The van der Waals surface area contributed by atoms with Crippen LogP contribution in [-0.2, 0) is 7.05 Å². The van der Waals surface area contributed by atoms with Gasteiger partial charge in [-0.05, 0) is 17.7 Å². The average molecular weight is 245 g/mol. The molecule has 2 aromatic rings. The molecule has 0 spiro atoms. The van der Waals surface area contributed by atoms with E-state index in [1.54, 1.807) is 14.2 Å². The van der Waals surface area contributed by atoms with Crippen molar-refractivity contribution in [3.05, 3.63) is 45.7 Å². The average Bonchev–Trinajstić information content (AvgIpc) is 2.92. The van der Waals surface area contributed by atoms with Crippen LogP contribution in [0.4, 0.5) is 5.82 Å². The Morgan fingerprint density at radius 2 is 2.06 bits per heavy atom. The molecule has 0 bridgehead atoms. The minimum Gasteiger partial charge on any atom is -0.497 e. The van der Waals surface area contributed by atoms with Gasteiger partial charge >= 0.3 is 0 Å². The molecule has 0 unspecified atom stereocenters. The molecule has 0 amide bonds. The number of aromatic amines is 1. The summed E-state index contributed by atoms with van der Waals surface area (Å²) >= 11 is 0. The Morgan fingerprint density at radius 3 is 2.72 bits per heavy atom. The Morgan fingerprint density at radius 1 is 1.33 bits per heavy atom. The van der Waals surface area contributed by atoms with Gasteiger partial charge in [-0.1, -0.05) is 12.1 Å². The molecule has 1 atom stereocenters. The van der Waals surface area contributed by atoms with Gasteiger partial charge in [0.1, 0.15) is 11.6 Å². The highest BCUT2D eigenvalue weighted by Gasteiger charge is 2.29. The highest BCUT2D eigenvalue weighted by atomic mass is 16.5. The van der Waals surface area contributed by atoms with Crippen molar-refractivity contribution in [2.75, 3.05) is 19.0 Å². The third-order valence-corrected chi connectivity index (χ3v) is 3.43. The maximum absolute atomic E-state index is 12.0. The minimum atomic E-state index is 0.0378. The molecule has 0 fully saturated rings. The number of anilines is 1. The second-order valence-electron chi connectivity index (χ2n) is 4.47. The summed E-state index contributed by atoms with van der Waals surface area (Å²) in [5.41, 5.74) is 1.98. The van der Waals surface area contributed by atoms with Gasteiger partial charge in [0, 0.05) is 19.5 Å². The van der Waals surface area contributed by atoms with Gasteiger partial charge in [-0.25, -0.2) is 0 Å². The van der Waals surface area contributed by atoms with E-state index in [-0.39, 0.29) is 11.5 Å². The van der Waals surface area contributed by atoms with E-state index in [0.717, 1.165) is 29.2 Å². The first-order chi connectivity index (χ1) is 8.70. The number of aromatic nitrogens is 2. The summed E-state index contributed by atoms with van der Waals surface area (Å²) in [6.07, 6.45) is 0. The first kappa shape index (κ1) is 11.0. The lowest BCUT2D eigenvalue weighted by Crippen LogP contribution is -2.19. The zero-order valence-corrected chi connectivity index (χ0v) is 10.4. The van der Waals surface area contributed by atoms with Crippen LogP contribution in [0.2, 0.25) is 0 Å². The van der Waals surface area contributed by atoms with E-state index in [0.29, 0.717) is 0 Å². The summed E-state index contributed by atoms with van der Waals surface area (Å²) in [5.74, 6) is 1.77. The fourth-order valence-corrected chi connectivity index (χ4v) is 2.45. The molecular formula is C13H15N3O2. The highest BCUT2D eigenvalue weighted by molar-refractivity contribution is 5.55. The van der Waals surface area contributed by atoms with Crippen molar-refractivity contribution in [1.29, 1.82) is 0 Å². The van der Waals surface area contributed by atoms with Gasteiger partial charge in [0.15, 0.2) is 0 Å². The number of nitrogens with one attached hydrogen (secondary N) is 2. The predicted octanol–water partition coefficient (Wildman–Crippen LogP) is 1.28. The number of rotatable bonds is 2. The Bertz CT molecular complexity index is 625. The van der Waals surface area contributed by atoms with E-state index < -0.39 is 0 Å². The molecule has 0 saturated carbocycles. The van der Waals surface area contributed by atoms with Crippen LogP contribution in [0.3, 0.4) is 0 Å². The quantitative estimate of drug-likeness (QED) is 0.838. The van der Waals surface area contributed by atoms with Gasteiger partial charge in [-0.3, -0.25) is 14.6 Å². The van der Waals surface area contributed by atoms with Crippen LogP contribution in [0, 0.1) is 0 Å². The standard InChI is InChI=1S/C13H15N3O2/c1-16-13(17)11-10(7-14-12(11)15-16)8-3-5-9(18-2)6-4-8/h3-6,10,14-15H,7H2,1-2H3/t10-/m1/s1. The van der Waals surface area contributed by atoms with Crippen LogP contribution in [0.5, 0.6) is 5.75 Å². The number of H-pyrrole nitrogens is 1. The van der Waals surface area contributed by atoms with Crippen LogP contribution in [-0.4, -0.2) is 23.4 Å². The number of fused-ring (bicyclic) bond motifs is 1. The van der Waals surface area contributed by atoms with E-state index in [1.165, 1.54) is 4.68 Å². The molecule has 0 radical (unpaired) electrons. The van der Waals surface area contributed by atoms with Crippen molar-refractivity contribution in [3.8, 4) is 5.75 Å². The molecule has 2 N–H and O–H groups in total. The predicted molar refractivity (Wildman–Crippen MR) is 69.4 cm³/mol. The fourth-order valence-electron chi connectivity index (χ4n) is 2.45. The second-order valence-corrected chi connectivity index (χ2v) is 4.47. The molecule has 0 saturated heterocycles. The van der Waals surface area contributed by atoms with Gasteiger partial charge in [0.2, 0.25) is 0 Å². The van der Waals surface area contributed by atoms with Crippen LogP contribution >= 0.6 is 0 Å². The molecule has 1 aliphatic rings. The third-order valence-electron chi connectivity index (χ3n) is 3.43. The molecule has 5 heteroatoms. The number of hydrogen-bond acceptors (Lipinski definition) is 3. The van der Waals surface area contributed by atoms with Crippen molar-refractivity contribution in [2.24, 2.45) is 7.05 Å². The summed E-state index contributed by atoms with van der Waals surface area (Å²) in [5, 5.41) is 6.25. The SMILES string of the molecule is COc1ccc([C@H]2CNc3[nH]n(C)c(=O)c32)cc1. The number of aryl methyl sites for hydroxylation is 1. The number of ether oxygens (including phenoxy) is 1. The van der Waals surface area contributed by atoms with E-state index >= 15 is 0 Å². The molecule has 1 aromatic carbocycles. The van der Waals surface area contributed by atoms with E-state index in [4.69, 9.17) is 4.74 Å². The van der Waals surface area contributed by atoms with E-state index in [9.17, 15) is 4.79 Å². The Labute approximate surface area is 104 Å². The molecular weight excluding hydrogens is 230 g/mol. The Kier molecular flexibility index (Phi) is 2.40. The number of hydrogen-bond donors (Lipinski definition) is 2. The van der Waals surface area contributed by atoms with Crippen molar-refractivity contribution in [2.45, 2.75) is 5.92 Å². The minimum absolute atomic E-state index is 0.0378. The van der Waals surface area contributed by atoms with Crippen LogP contribution in [0.25, 0.3) is 0 Å². The lowest BCUT2D eigenvalue weighted by atomic mass is 9.95. The summed E-state index contributed by atoms with van der Waals surface area (Å²) in [7, 11) is 3.37. The summed E-state index contributed by atoms with van der Waals surface area (Å²) in [6, 6.07) is 7.86. The van der Waals surface area contributed by atoms with Gasteiger partial charge < -0.3 is 10.1 Å². The maximum atomic E-state index is 12.0. The molecule has 1 aliphatic heterocycles. The van der Waals surface area contributed by atoms with Gasteiger partial charge in [0.05, 0.1) is 12.7 Å². The van der Waals surface area contributed by atoms with Crippen LogP contribution < -0.4 is 15.6 Å². The van der Waals surface area contributed by atoms with E-state index in [2.05, 4.69) is 10.4 Å². The topological polar surface area (TPSA) is 59.0 Å². The monoisotopic (exact) mass is 245 g/mol. The van der Waals surface area contributed by atoms with Crippen LogP contribution in [0.15, 0.2) is 29.1 Å². The zero-order valence-electron chi connectivity index (χ0n) is 10.4. The second kappa shape index (κ2) is 3.94. The molecule has 18 heavy (non-hydrogen) atoms. The molecule has 0 aliphatic carbocycles. The van der Waals surface area contributed by atoms with Gasteiger partial charge in [0.25, 0.3) is 5.56 Å². The maximum Gasteiger partial charge on any atom is 0.272 e. The molecule has 5 nitrogen and oxygen atoms in total. The number of methoxy groups -OCH3 is 1. The molecule has 1 aromatic heterocycles. The number of benzene rings is 1. The normalized spacial score (nSPS) is 17.3. The Balaban J connectivity index is 2.02. The van der Waals surface area contributed by atoms with Crippen molar-refractivity contribution < 1.29 is 4.74 Å². The first-order valence-electron chi connectivity index (χ1n) is 5.87. The summed E-state index contributed by atoms with van der Waals surface area (Å²) < 4.78 is 6.65. The first-order valence-corrected chi connectivity index (χ1v) is 5.87. The molecule has 3 rings (SSSR count). The van der Waals surface area contributed by atoms with Gasteiger partial charge in [-0.15, -0.1) is 0 Å². The van der Waals surface area contributed by atoms with E-state index in [1.807, 2.05) is 24.3 Å². The van der Waals surface area contributed by atoms with Crippen LogP contribution in [0.1, 0.15) is 17.0 Å². The largest absolute Gasteiger partial charge is 0.497 e. The molecule has 94 valence electrons. The van der Waals surface area contributed by atoms with Crippen molar-refractivity contribution in [1.82, 2.24) is 9.78 Å². The zero-order chi connectivity index (χ0) is 12.7. The fraction of sp³-hybridized carbons (Fsp3) is 0.308. The summed E-state index contributed by atoms with van der Waals surface area (Å²) in [6.45, 7) is 0.754. The lowest BCUT2D eigenvalue weighted by Gasteiger charge is -2.09. The number of nitrogens with zero attached hydrogens (tertiary/aromatic N) is 1. The lowest BCUT2D eigenvalue weighted by molar-refractivity contribution is 0.414. The van der Waals surface area contributed by atoms with Crippen molar-refractivity contribution >= 4 is 5.82 Å². The summed E-state index contributed by atoms with van der Waals surface area (Å²) in [4.78, 5) is 12.0. The van der Waals surface area contributed by atoms with Crippen molar-refractivity contribution in [3.63, 3.8) is 0 Å².